The second-order valence-electron chi connectivity index (χ2n) is 4.89. The van der Waals surface area contributed by atoms with Crippen molar-refractivity contribution < 1.29 is 0 Å². The highest BCUT2D eigenvalue weighted by molar-refractivity contribution is 14.1. The van der Waals surface area contributed by atoms with Crippen LogP contribution in [0.3, 0.4) is 0 Å². The molecule has 82 valence electrons. The molecule has 1 aromatic rings. The van der Waals surface area contributed by atoms with Crippen LogP contribution in [-0.2, 0) is 0 Å². The van der Waals surface area contributed by atoms with E-state index in [-0.39, 0.29) is 0 Å². The predicted octanol–water partition coefficient (Wildman–Crippen LogP) is 2.71. The number of rotatable bonds is 1. The molecule has 1 saturated heterocycles. The Morgan fingerprint density at radius 1 is 1.33 bits per heavy atom. The lowest BCUT2D eigenvalue weighted by Gasteiger charge is -2.37. The molecule has 0 amide bonds. The van der Waals surface area contributed by atoms with Crippen LogP contribution in [0.2, 0.25) is 0 Å². The molecule has 3 nitrogen and oxygen atoms in total. The summed E-state index contributed by atoms with van der Waals surface area (Å²) in [6.07, 6.45) is 6.30. The van der Waals surface area contributed by atoms with E-state index in [0.717, 1.165) is 22.6 Å². The third kappa shape index (κ3) is 2.80. The van der Waals surface area contributed by atoms with Crippen molar-refractivity contribution in [2.45, 2.75) is 26.7 Å². The standard InChI is InChI=1S/C11H16IN3/c1-11(2)4-3-5-15(8-11)10-13-6-9(12)7-14-10/h6-7H,3-5,8H2,1-2H3. The normalized spacial score (nSPS) is 20.3. The Kier molecular flexibility index (Phi) is 3.13. The van der Waals surface area contributed by atoms with Crippen LogP contribution in [0.4, 0.5) is 5.95 Å². The van der Waals surface area contributed by atoms with E-state index >= 15 is 0 Å². The minimum Gasteiger partial charge on any atom is -0.340 e. The minimum atomic E-state index is 0.393. The molecule has 0 aromatic carbocycles. The van der Waals surface area contributed by atoms with Gasteiger partial charge in [0, 0.05) is 29.1 Å². The van der Waals surface area contributed by atoms with Gasteiger partial charge < -0.3 is 4.90 Å². The van der Waals surface area contributed by atoms with Crippen molar-refractivity contribution >= 4 is 28.5 Å². The molecular weight excluding hydrogens is 301 g/mol. The molecule has 4 heteroatoms. The Morgan fingerprint density at radius 3 is 2.60 bits per heavy atom. The number of nitrogens with zero attached hydrogens (tertiary/aromatic N) is 3. The first-order chi connectivity index (χ1) is 7.07. The van der Waals surface area contributed by atoms with Crippen molar-refractivity contribution in [1.29, 1.82) is 0 Å². The number of anilines is 1. The van der Waals surface area contributed by atoms with Gasteiger partial charge in [-0.1, -0.05) is 13.8 Å². The third-order valence-corrected chi connectivity index (χ3v) is 3.35. The van der Waals surface area contributed by atoms with Gasteiger partial charge in [-0.15, -0.1) is 0 Å². The Morgan fingerprint density at radius 2 is 2.00 bits per heavy atom. The van der Waals surface area contributed by atoms with Crippen LogP contribution in [0.1, 0.15) is 26.7 Å². The Balaban J connectivity index is 2.13. The molecule has 2 rings (SSSR count). The summed E-state index contributed by atoms with van der Waals surface area (Å²) in [6, 6.07) is 0. The van der Waals surface area contributed by atoms with E-state index in [1.807, 2.05) is 12.4 Å². The van der Waals surface area contributed by atoms with Crippen molar-refractivity contribution in [3.8, 4) is 0 Å². The molecule has 0 bridgehead atoms. The maximum absolute atomic E-state index is 4.37. The van der Waals surface area contributed by atoms with E-state index in [1.54, 1.807) is 0 Å². The van der Waals surface area contributed by atoms with Crippen molar-refractivity contribution in [2.24, 2.45) is 5.41 Å². The first-order valence-corrected chi connectivity index (χ1v) is 6.37. The van der Waals surface area contributed by atoms with Crippen LogP contribution < -0.4 is 4.90 Å². The van der Waals surface area contributed by atoms with Crippen LogP contribution >= 0.6 is 22.6 Å². The number of aromatic nitrogens is 2. The average Bonchev–Trinajstić information content (AvgIpc) is 2.17. The Labute approximate surface area is 104 Å². The Hall–Kier alpha value is -0.390. The fourth-order valence-electron chi connectivity index (χ4n) is 2.06. The second kappa shape index (κ2) is 4.23. The van der Waals surface area contributed by atoms with Crippen LogP contribution in [0.15, 0.2) is 12.4 Å². The summed E-state index contributed by atoms with van der Waals surface area (Å²) in [5.74, 6) is 0.878. The molecule has 1 aromatic heterocycles. The maximum Gasteiger partial charge on any atom is 0.225 e. The summed E-state index contributed by atoms with van der Waals surface area (Å²) in [5, 5.41) is 0. The molecule has 0 N–H and O–H groups in total. The quantitative estimate of drug-likeness (QED) is 0.746. The summed E-state index contributed by atoms with van der Waals surface area (Å²) in [4.78, 5) is 11.0. The third-order valence-electron chi connectivity index (χ3n) is 2.79. The lowest BCUT2D eigenvalue weighted by Crippen LogP contribution is -2.40. The van der Waals surface area contributed by atoms with Gasteiger partial charge in [-0.2, -0.15) is 0 Å². The van der Waals surface area contributed by atoms with Gasteiger partial charge in [0.25, 0.3) is 0 Å². The van der Waals surface area contributed by atoms with Crippen LogP contribution in [0, 0.1) is 8.99 Å². The number of hydrogen-bond acceptors (Lipinski definition) is 3. The van der Waals surface area contributed by atoms with Gasteiger partial charge in [0.1, 0.15) is 0 Å². The van der Waals surface area contributed by atoms with Gasteiger partial charge >= 0.3 is 0 Å². The van der Waals surface area contributed by atoms with E-state index < -0.39 is 0 Å². The second-order valence-corrected chi connectivity index (χ2v) is 6.14. The minimum absolute atomic E-state index is 0.393. The highest BCUT2D eigenvalue weighted by Gasteiger charge is 2.27. The lowest BCUT2D eigenvalue weighted by atomic mass is 9.84. The number of piperidine rings is 1. The first-order valence-electron chi connectivity index (χ1n) is 5.29. The van der Waals surface area contributed by atoms with Gasteiger partial charge in [0.15, 0.2) is 0 Å². The molecule has 0 saturated carbocycles. The smallest absolute Gasteiger partial charge is 0.225 e. The predicted molar refractivity (Wildman–Crippen MR) is 70.0 cm³/mol. The summed E-state index contributed by atoms with van der Waals surface area (Å²) in [7, 11) is 0. The largest absolute Gasteiger partial charge is 0.340 e. The molecule has 15 heavy (non-hydrogen) atoms. The fourth-order valence-corrected chi connectivity index (χ4v) is 2.34. The summed E-state index contributed by atoms with van der Waals surface area (Å²) in [5.41, 5.74) is 0.393. The molecule has 0 atom stereocenters. The van der Waals surface area contributed by atoms with E-state index in [9.17, 15) is 0 Å². The molecule has 0 unspecified atom stereocenters. The molecular formula is C11H16IN3. The lowest BCUT2D eigenvalue weighted by molar-refractivity contribution is 0.291. The van der Waals surface area contributed by atoms with Crippen molar-refractivity contribution in [2.75, 3.05) is 18.0 Å². The fraction of sp³-hybridized carbons (Fsp3) is 0.636. The zero-order chi connectivity index (χ0) is 10.9. The molecule has 1 aliphatic heterocycles. The Bertz CT molecular complexity index is 334. The van der Waals surface area contributed by atoms with Gasteiger partial charge in [-0.3, -0.25) is 0 Å². The van der Waals surface area contributed by atoms with Crippen LogP contribution in [-0.4, -0.2) is 23.1 Å². The van der Waals surface area contributed by atoms with Crippen molar-refractivity contribution in [3.63, 3.8) is 0 Å². The van der Waals surface area contributed by atoms with Crippen LogP contribution in [0.25, 0.3) is 0 Å². The SMILES string of the molecule is CC1(C)CCCN(c2ncc(I)cn2)C1. The molecule has 2 heterocycles. The highest BCUT2D eigenvalue weighted by atomic mass is 127. The van der Waals surface area contributed by atoms with Gasteiger partial charge in [-0.25, -0.2) is 9.97 Å². The monoisotopic (exact) mass is 317 g/mol. The first kappa shape index (κ1) is 11.1. The summed E-state index contributed by atoms with van der Waals surface area (Å²) >= 11 is 2.23. The average molecular weight is 317 g/mol. The zero-order valence-electron chi connectivity index (χ0n) is 9.20. The number of halogens is 1. The van der Waals surface area contributed by atoms with E-state index in [4.69, 9.17) is 0 Å². The highest BCUT2D eigenvalue weighted by Crippen LogP contribution is 2.29. The molecule has 1 fully saturated rings. The molecule has 0 spiro atoms. The summed E-state index contributed by atoms with van der Waals surface area (Å²) in [6.45, 7) is 6.77. The van der Waals surface area contributed by atoms with Gasteiger partial charge in [0.2, 0.25) is 5.95 Å². The van der Waals surface area contributed by atoms with Crippen LogP contribution in [0.5, 0.6) is 0 Å². The molecule has 0 aliphatic carbocycles. The topological polar surface area (TPSA) is 29.0 Å². The molecule has 1 aliphatic rings. The van der Waals surface area contributed by atoms with E-state index in [0.29, 0.717) is 5.41 Å². The van der Waals surface area contributed by atoms with Crippen molar-refractivity contribution in [1.82, 2.24) is 9.97 Å². The number of hydrogen-bond donors (Lipinski definition) is 0. The van der Waals surface area contributed by atoms with E-state index in [1.165, 1.54) is 12.8 Å². The zero-order valence-corrected chi connectivity index (χ0v) is 11.4. The molecule has 0 radical (unpaired) electrons. The van der Waals surface area contributed by atoms with Gasteiger partial charge in [-0.05, 0) is 40.8 Å². The maximum atomic E-state index is 4.37. The summed E-state index contributed by atoms with van der Waals surface area (Å²) < 4.78 is 1.09. The van der Waals surface area contributed by atoms with Gasteiger partial charge in [0.05, 0.1) is 0 Å². The van der Waals surface area contributed by atoms with E-state index in [2.05, 4.69) is 51.3 Å². The van der Waals surface area contributed by atoms with Crippen molar-refractivity contribution in [3.05, 3.63) is 16.0 Å².